The van der Waals surface area contributed by atoms with E-state index in [-0.39, 0.29) is 5.41 Å². The molecule has 0 atom stereocenters. The standard InChI is InChI=1S/C49H34/c1-49(2)44-28-12-11-26-42(44)48-37-21-6-5-20-36(37)43(30-45(48)49)47-40-24-9-7-22-38(40)46(39-23-8-10-25-41(39)47)33-18-13-17-32(29-33)35-27-14-16-31-15-3-4-19-34(31)35/h3-30H,1-2H3. The Kier molecular flexibility index (Phi) is 6.02. The highest BCUT2D eigenvalue weighted by Gasteiger charge is 2.37. The summed E-state index contributed by atoms with van der Waals surface area (Å²) >= 11 is 0. The summed E-state index contributed by atoms with van der Waals surface area (Å²) in [5, 5.41) is 10.3. The van der Waals surface area contributed by atoms with Gasteiger partial charge in [-0.3, -0.25) is 0 Å². The van der Waals surface area contributed by atoms with Gasteiger partial charge in [-0.25, -0.2) is 0 Å². The Bertz CT molecular complexity index is 2730. The Balaban J connectivity index is 1.28. The van der Waals surface area contributed by atoms with Gasteiger partial charge in [0.2, 0.25) is 0 Å². The van der Waals surface area contributed by atoms with Crippen molar-refractivity contribution in [2.45, 2.75) is 19.3 Å². The summed E-state index contributed by atoms with van der Waals surface area (Å²) in [7, 11) is 0. The van der Waals surface area contributed by atoms with Crippen molar-refractivity contribution < 1.29 is 0 Å². The number of fused-ring (bicyclic) bond motifs is 8. The summed E-state index contributed by atoms with van der Waals surface area (Å²) in [4.78, 5) is 0. The fourth-order valence-electron chi connectivity index (χ4n) is 8.81. The average Bonchev–Trinajstić information content (AvgIpc) is 3.39. The second-order valence-corrected chi connectivity index (χ2v) is 14.0. The predicted octanol–water partition coefficient (Wildman–Crippen LogP) is 13.6. The van der Waals surface area contributed by atoms with E-state index in [9.17, 15) is 0 Å². The van der Waals surface area contributed by atoms with Crippen LogP contribution in [-0.2, 0) is 5.41 Å². The van der Waals surface area contributed by atoms with E-state index in [1.54, 1.807) is 0 Å². The smallest absolute Gasteiger partial charge is 0.0159 e. The molecule has 0 heteroatoms. The molecule has 1 aliphatic carbocycles. The lowest BCUT2D eigenvalue weighted by Crippen LogP contribution is -2.15. The second-order valence-electron chi connectivity index (χ2n) is 14.0. The molecule has 9 aromatic carbocycles. The van der Waals surface area contributed by atoms with Crippen molar-refractivity contribution in [2.75, 3.05) is 0 Å². The highest BCUT2D eigenvalue weighted by atomic mass is 14.4. The maximum Gasteiger partial charge on any atom is 0.0159 e. The molecule has 0 heterocycles. The van der Waals surface area contributed by atoms with Crippen molar-refractivity contribution in [1.29, 1.82) is 0 Å². The molecule has 10 rings (SSSR count). The minimum absolute atomic E-state index is 0.0989. The average molecular weight is 623 g/mol. The second kappa shape index (κ2) is 10.5. The van der Waals surface area contributed by atoms with Crippen LogP contribution in [0.15, 0.2) is 170 Å². The zero-order valence-electron chi connectivity index (χ0n) is 27.7. The van der Waals surface area contributed by atoms with Gasteiger partial charge in [-0.1, -0.05) is 172 Å². The molecule has 9 aromatic rings. The molecule has 0 nitrogen and oxygen atoms in total. The highest BCUT2D eigenvalue weighted by molar-refractivity contribution is 6.24. The van der Waals surface area contributed by atoms with Gasteiger partial charge in [0.25, 0.3) is 0 Å². The molecule has 0 fully saturated rings. The van der Waals surface area contributed by atoms with Gasteiger partial charge in [0, 0.05) is 5.41 Å². The van der Waals surface area contributed by atoms with E-state index in [0.717, 1.165) is 0 Å². The van der Waals surface area contributed by atoms with Gasteiger partial charge < -0.3 is 0 Å². The molecule has 1 aliphatic rings. The van der Waals surface area contributed by atoms with Crippen LogP contribution in [-0.4, -0.2) is 0 Å². The summed E-state index contributed by atoms with van der Waals surface area (Å²) in [5.74, 6) is 0. The van der Waals surface area contributed by atoms with Crippen LogP contribution in [0.3, 0.4) is 0 Å². The molecule has 0 spiro atoms. The van der Waals surface area contributed by atoms with Gasteiger partial charge in [-0.05, 0) is 111 Å². The fraction of sp³-hybridized carbons (Fsp3) is 0.0612. The molecule has 230 valence electrons. The largest absolute Gasteiger partial charge is 0.0619 e. The number of benzene rings is 9. The Morgan fingerprint density at radius 2 is 0.796 bits per heavy atom. The van der Waals surface area contributed by atoms with Crippen molar-refractivity contribution in [3.05, 3.63) is 181 Å². The van der Waals surface area contributed by atoms with Crippen molar-refractivity contribution in [2.24, 2.45) is 0 Å². The summed E-state index contributed by atoms with van der Waals surface area (Å²) in [5.41, 5.74) is 13.1. The monoisotopic (exact) mass is 622 g/mol. The van der Waals surface area contributed by atoms with Gasteiger partial charge in [0.1, 0.15) is 0 Å². The van der Waals surface area contributed by atoms with E-state index in [1.807, 2.05) is 0 Å². The Hall–Kier alpha value is -5.98. The molecule has 0 aliphatic heterocycles. The minimum Gasteiger partial charge on any atom is -0.0619 e. The lowest BCUT2D eigenvalue weighted by atomic mass is 9.79. The van der Waals surface area contributed by atoms with Gasteiger partial charge in [-0.15, -0.1) is 0 Å². The van der Waals surface area contributed by atoms with E-state index >= 15 is 0 Å². The van der Waals surface area contributed by atoms with E-state index in [2.05, 4.69) is 184 Å². The third-order valence-corrected chi connectivity index (χ3v) is 11.0. The van der Waals surface area contributed by atoms with E-state index in [4.69, 9.17) is 0 Å². The zero-order valence-corrected chi connectivity index (χ0v) is 27.7. The Morgan fingerprint density at radius 3 is 1.51 bits per heavy atom. The first-order valence-electron chi connectivity index (χ1n) is 17.3. The van der Waals surface area contributed by atoms with Gasteiger partial charge in [0.05, 0.1) is 0 Å². The fourth-order valence-corrected chi connectivity index (χ4v) is 8.81. The Morgan fingerprint density at radius 1 is 0.306 bits per heavy atom. The molecule has 0 bridgehead atoms. The predicted molar refractivity (Wildman–Crippen MR) is 210 cm³/mol. The number of hydrogen-bond acceptors (Lipinski definition) is 0. The zero-order chi connectivity index (χ0) is 32.7. The normalized spacial score (nSPS) is 13.3. The van der Waals surface area contributed by atoms with Crippen LogP contribution >= 0.6 is 0 Å². The molecule has 0 aromatic heterocycles. The lowest BCUT2D eigenvalue weighted by molar-refractivity contribution is 0.661. The molecular weight excluding hydrogens is 589 g/mol. The quantitative estimate of drug-likeness (QED) is 0.172. The van der Waals surface area contributed by atoms with Crippen LogP contribution in [0, 0.1) is 0 Å². The summed E-state index contributed by atoms with van der Waals surface area (Å²) < 4.78 is 0. The first kappa shape index (κ1) is 28.1. The lowest BCUT2D eigenvalue weighted by Gasteiger charge is -2.24. The van der Waals surface area contributed by atoms with Crippen molar-refractivity contribution in [3.8, 4) is 44.5 Å². The van der Waals surface area contributed by atoms with Crippen molar-refractivity contribution >= 4 is 43.1 Å². The molecule has 0 saturated carbocycles. The summed E-state index contributed by atoms with van der Waals surface area (Å²) in [6, 6.07) is 63.1. The maximum atomic E-state index is 2.52. The SMILES string of the molecule is CC1(C)c2ccccc2-c2c1cc(-c1c3ccccc3c(-c3cccc(-c4cccc5ccccc45)c3)c3ccccc13)c1ccccc21. The van der Waals surface area contributed by atoms with E-state index < -0.39 is 0 Å². The maximum absolute atomic E-state index is 2.52. The van der Waals surface area contributed by atoms with Gasteiger partial charge in [0.15, 0.2) is 0 Å². The van der Waals surface area contributed by atoms with Crippen LogP contribution in [0.25, 0.3) is 87.6 Å². The first-order valence-corrected chi connectivity index (χ1v) is 17.3. The summed E-state index contributed by atoms with van der Waals surface area (Å²) in [6.45, 7) is 4.77. The molecule has 0 N–H and O–H groups in total. The Labute approximate surface area is 286 Å². The topological polar surface area (TPSA) is 0 Å². The number of rotatable bonds is 3. The third kappa shape index (κ3) is 4.04. The molecular formula is C49H34. The molecule has 49 heavy (non-hydrogen) atoms. The van der Waals surface area contributed by atoms with Crippen LogP contribution in [0.5, 0.6) is 0 Å². The molecule has 0 saturated heterocycles. The van der Waals surface area contributed by atoms with Crippen molar-refractivity contribution in [1.82, 2.24) is 0 Å². The summed E-state index contributed by atoms with van der Waals surface area (Å²) in [6.07, 6.45) is 0. The molecule has 0 unspecified atom stereocenters. The van der Waals surface area contributed by atoms with E-state index in [1.165, 1.54) is 98.7 Å². The van der Waals surface area contributed by atoms with Crippen LogP contribution < -0.4 is 0 Å². The third-order valence-electron chi connectivity index (χ3n) is 11.0. The molecule has 0 radical (unpaired) electrons. The highest BCUT2D eigenvalue weighted by Crippen LogP contribution is 2.54. The molecule has 0 amide bonds. The minimum atomic E-state index is -0.0989. The van der Waals surface area contributed by atoms with Gasteiger partial charge >= 0.3 is 0 Å². The van der Waals surface area contributed by atoms with Crippen LogP contribution in [0.2, 0.25) is 0 Å². The van der Waals surface area contributed by atoms with Crippen LogP contribution in [0.4, 0.5) is 0 Å². The van der Waals surface area contributed by atoms with E-state index in [0.29, 0.717) is 0 Å². The van der Waals surface area contributed by atoms with Crippen molar-refractivity contribution in [3.63, 3.8) is 0 Å². The van der Waals surface area contributed by atoms with Gasteiger partial charge in [-0.2, -0.15) is 0 Å². The van der Waals surface area contributed by atoms with Crippen LogP contribution in [0.1, 0.15) is 25.0 Å². The first-order chi connectivity index (χ1) is 24.1. The number of hydrogen-bond donors (Lipinski definition) is 0.